The smallest absolute Gasteiger partial charge is 0.870 e. The molecule has 0 fully saturated rings. The van der Waals surface area contributed by atoms with Crippen LogP contribution in [0.2, 0.25) is 0 Å². The van der Waals surface area contributed by atoms with E-state index in [1.165, 1.54) is 24.3 Å². The molecule has 2 aromatic carbocycles. The van der Waals surface area contributed by atoms with Crippen molar-refractivity contribution in [1.82, 2.24) is 19.1 Å². The van der Waals surface area contributed by atoms with E-state index in [4.69, 9.17) is 34.3 Å². The van der Waals surface area contributed by atoms with Gasteiger partial charge in [-0.05, 0) is 79.6 Å². The van der Waals surface area contributed by atoms with E-state index in [0.717, 1.165) is 17.8 Å². The van der Waals surface area contributed by atoms with Gasteiger partial charge in [0.25, 0.3) is 0 Å². The third-order valence-electron chi connectivity index (χ3n) is 7.27. The molecule has 0 spiro atoms. The predicted molar refractivity (Wildman–Crippen MR) is 150 cm³/mol. The van der Waals surface area contributed by atoms with Crippen LogP contribution in [0.4, 0.5) is 17.6 Å². The fourth-order valence-electron chi connectivity index (χ4n) is 5.47. The summed E-state index contributed by atoms with van der Waals surface area (Å²) in [6.45, 7) is 2.89. The largest absolute Gasteiger partial charge is 1.00 e. The van der Waals surface area contributed by atoms with Crippen LogP contribution < -0.4 is 29.6 Å². The van der Waals surface area contributed by atoms with Gasteiger partial charge in [0, 0.05) is 37.1 Å². The zero-order valence-corrected chi connectivity index (χ0v) is 27.1. The molecule has 4 heterocycles. The number of halogens is 4. The van der Waals surface area contributed by atoms with Gasteiger partial charge in [-0.15, -0.1) is 0 Å². The van der Waals surface area contributed by atoms with E-state index in [9.17, 15) is 27.2 Å². The van der Waals surface area contributed by atoms with Gasteiger partial charge in [0.05, 0.1) is 18.0 Å². The number of nitrogens with zero attached hydrogens (tertiary/aromatic N) is 2. The van der Waals surface area contributed by atoms with E-state index in [-0.39, 0.29) is 59.2 Å². The molecular weight excluding hydrogens is 635 g/mol. The summed E-state index contributed by atoms with van der Waals surface area (Å²) in [7, 11) is 0. The Hall–Kier alpha value is -3.08. The molecule has 44 heavy (non-hydrogen) atoms. The zero-order valence-electron chi connectivity index (χ0n) is 23.5. The van der Waals surface area contributed by atoms with E-state index in [1.807, 2.05) is 0 Å². The van der Waals surface area contributed by atoms with Crippen LogP contribution in [0.25, 0.3) is 0 Å². The third-order valence-corrected chi connectivity index (χ3v) is 7.92. The average Bonchev–Trinajstić information content (AvgIpc) is 3.66. The van der Waals surface area contributed by atoms with Crippen LogP contribution >= 0.6 is 24.4 Å². The number of carboxylic acid groups (broad SMARTS) is 1. The second kappa shape index (κ2) is 14.3. The molecule has 2 aromatic heterocycles. The molecule has 0 radical (unpaired) electrons. The van der Waals surface area contributed by atoms with Crippen molar-refractivity contribution in [3.63, 3.8) is 0 Å². The van der Waals surface area contributed by atoms with Gasteiger partial charge in [0.15, 0.2) is 9.54 Å². The normalized spacial score (nSPS) is 16.1. The van der Waals surface area contributed by atoms with Crippen LogP contribution in [0, 0.1) is 32.8 Å². The van der Waals surface area contributed by atoms with E-state index in [1.54, 1.807) is 16.1 Å². The first kappa shape index (κ1) is 35.4. The minimum absolute atomic E-state index is 0. The summed E-state index contributed by atoms with van der Waals surface area (Å²) >= 11 is 10.3. The molecule has 2 aliphatic heterocycles. The number of nitrogens with one attached hydrogen (secondary N) is 2. The van der Waals surface area contributed by atoms with Crippen LogP contribution in [-0.4, -0.2) is 48.2 Å². The molecule has 0 amide bonds. The van der Waals surface area contributed by atoms with Crippen molar-refractivity contribution in [3.05, 3.63) is 103 Å². The van der Waals surface area contributed by atoms with Gasteiger partial charge in [-0.25, -0.2) is 27.2 Å². The number of esters is 1. The Kier molecular flexibility index (Phi) is 11.5. The summed E-state index contributed by atoms with van der Waals surface area (Å²) in [6.07, 6.45) is 0.863. The molecule has 16 heteroatoms. The fraction of sp³-hybridized carbons (Fsp3) is 0.286. The molecule has 0 aliphatic carbocycles. The van der Waals surface area contributed by atoms with E-state index >= 15 is 0 Å². The summed E-state index contributed by atoms with van der Waals surface area (Å²) < 4.78 is 62.4. The van der Waals surface area contributed by atoms with Crippen molar-refractivity contribution in [2.45, 2.75) is 44.7 Å². The van der Waals surface area contributed by atoms with Gasteiger partial charge < -0.3 is 34.4 Å². The number of carbonyl (C=O) groups excluding carboxylic acids is 1. The first-order valence-corrected chi connectivity index (χ1v) is 13.7. The molecular formula is C28H25F4N4NaO5S2. The summed E-state index contributed by atoms with van der Waals surface area (Å²) in [4.78, 5) is 28.5. The number of ether oxygens (including phenoxy) is 1. The van der Waals surface area contributed by atoms with Gasteiger partial charge in [-0.1, -0.05) is 0 Å². The average molecular weight is 661 g/mol. The number of carboxylic acids is 1. The summed E-state index contributed by atoms with van der Waals surface area (Å²) in [5, 5.41) is 9.10. The Labute approximate surface area is 280 Å². The Balaban J connectivity index is 0.000000231. The molecule has 0 saturated carbocycles. The van der Waals surface area contributed by atoms with Crippen molar-refractivity contribution in [3.8, 4) is 0 Å². The second-order valence-electron chi connectivity index (χ2n) is 9.96. The third kappa shape index (κ3) is 7.24. The van der Waals surface area contributed by atoms with E-state index in [0.29, 0.717) is 58.0 Å². The van der Waals surface area contributed by atoms with Crippen molar-refractivity contribution < 1.29 is 72.0 Å². The molecule has 0 bridgehead atoms. The van der Waals surface area contributed by atoms with Gasteiger partial charge >= 0.3 is 41.5 Å². The maximum absolute atomic E-state index is 13.4. The van der Waals surface area contributed by atoms with Crippen molar-refractivity contribution in [2.24, 2.45) is 0 Å². The molecule has 0 unspecified atom stereocenters. The molecule has 6 rings (SSSR count). The molecule has 4 aromatic rings. The topological polar surface area (TPSA) is 135 Å². The molecule has 2 atom stereocenters. The number of rotatable bonds is 5. The van der Waals surface area contributed by atoms with E-state index in [2.05, 4.69) is 9.97 Å². The number of aromatic nitrogens is 4. The molecule has 0 saturated heterocycles. The first-order chi connectivity index (χ1) is 19.9. The summed E-state index contributed by atoms with van der Waals surface area (Å²) in [5.41, 5.74) is 2.73. The van der Waals surface area contributed by atoms with Crippen molar-refractivity contribution >= 4 is 36.4 Å². The fourth-order valence-corrected chi connectivity index (χ4v) is 6.05. The number of aromatic amines is 2. The quantitative estimate of drug-likeness (QED) is 0.130. The standard InChI is InChI=1S/C15H14F2N2O2S.C13H10F2N2O2S.Na.H2O/c1-2-21-14(20)13-12-5-9(7-19(12)15(22)18-13)8-3-10(16)6-11(17)4-8;14-8-1-6(2-9(15)4-8)7-3-10-11(12(18)19)16-13(20)17(10)5-7;;/h3-4,6,9H,2,5,7H2,1H3,(H,18,22);1-2,4,7H,3,5H2,(H,16,20)(H,18,19);;1H2/q;;+1;/p-1/t9-;7-;;/m11../s1. The van der Waals surface area contributed by atoms with Crippen LogP contribution in [0.1, 0.15) is 62.3 Å². The molecule has 228 valence electrons. The van der Waals surface area contributed by atoms with Crippen molar-refractivity contribution in [2.75, 3.05) is 6.61 Å². The van der Waals surface area contributed by atoms with E-state index < -0.39 is 35.2 Å². The maximum Gasteiger partial charge on any atom is 1.00 e. The van der Waals surface area contributed by atoms with Gasteiger partial charge in [-0.3, -0.25) is 0 Å². The Morgan fingerprint density at radius 1 is 0.818 bits per heavy atom. The van der Waals surface area contributed by atoms with Crippen molar-refractivity contribution in [1.29, 1.82) is 0 Å². The Bertz CT molecular complexity index is 1800. The predicted octanol–water partition coefficient (Wildman–Crippen LogP) is 3.03. The number of fused-ring (bicyclic) bond motifs is 2. The van der Waals surface area contributed by atoms with Gasteiger partial charge in [0.1, 0.15) is 34.7 Å². The van der Waals surface area contributed by atoms with Crippen LogP contribution in [0.15, 0.2) is 36.4 Å². The minimum atomic E-state index is -1.09. The molecule has 2 aliphatic rings. The van der Waals surface area contributed by atoms with Crippen LogP contribution in [0.3, 0.4) is 0 Å². The number of H-pyrrole nitrogens is 2. The zero-order chi connectivity index (χ0) is 30.3. The number of aromatic carboxylic acids is 1. The minimum Gasteiger partial charge on any atom is -0.870 e. The SMILES string of the molecule is CCOC(=O)c1[nH]c(=S)n2c1C[C@@H](c1cc(F)cc(F)c1)C2.O=C(O)c1[nH]c(=S)n2c1C[C@@H](c1cc(F)cc(F)c1)C2.[Na+].[OH-]. The van der Waals surface area contributed by atoms with Gasteiger partial charge in [-0.2, -0.15) is 0 Å². The van der Waals surface area contributed by atoms with Crippen LogP contribution in [-0.2, 0) is 30.7 Å². The van der Waals surface area contributed by atoms with Crippen LogP contribution in [0.5, 0.6) is 0 Å². The maximum atomic E-state index is 13.4. The molecule has 4 N–H and O–H groups in total. The number of hydrogen-bond donors (Lipinski definition) is 3. The second-order valence-corrected chi connectivity index (χ2v) is 10.7. The Morgan fingerprint density at radius 2 is 1.20 bits per heavy atom. The number of carbonyl (C=O) groups is 2. The monoisotopic (exact) mass is 660 g/mol. The number of benzene rings is 2. The summed E-state index contributed by atoms with van der Waals surface area (Å²) in [5.74, 6) is -4.34. The first-order valence-electron chi connectivity index (χ1n) is 12.9. The summed E-state index contributed by atoms with van der Waals surface area (Å²) in [6, 6.07) is 6.83. The number of hydrogen-bond acceptors (Lipinski definition) is 6. The Morgan fingerprint density at radius 3 is 1.59 bits per heavy atom. The van der Waals surface area contributed by atoms with Gasteiger partial charge in [0.2, 0.25) is 0 Å². The molecule has 9 nitrogen and oxygen atoms in total. The number of imidazole rings is 2.